The minimum absolute atomic E-state index is 0.0337. The summed E-state index contributed by atoms with van der Waals surface area (Å²) in [5, 5.41) is 0. The van der Waals surface area contributed by atoms with E-state index in [4.69, 9.17) is 0 Å². The van der Waals surface area contributed by atoms with Gasteiger partial charge in [0.15, 0.2) is 5.43 Å². The number of nitrogens with one attached hydrogen (secondary N) is 1. The van der Waals surface area contributed by atoms with Gasteiger partial charge in [-0.05, 0) is 6.08 Å². The van der Waals surface area contributed by atoms with Crippen LogP contribution < -0.4 is 5.43 Å². The minimum atomic E-state index is -0.0337. The summed E-state index contributed by atoms with van der Waals surface area (Å²) in [6.45, 7) is 7.10. The van der Waals surface area contributed by atoms with E-state index in [0.717, 1.165) is 0 Å². The van der Waals surface area contributed by atoms with E-state index in [1.165, 1.54) is 12.1 Å². The Balaban J connectivity index is 3.47. The van der Waals surface area contributed by atoms with Gasteiger partial charge in [-0.1, -0.05) is 19.2 Å². The second-order valence-corrected chi connectivity index (χ2v) is 2.08. The monoisotopic (exact) mass is 147 g/mol. The second kappa shape index (κ2) is 3.01. The summed E-state index contributed by atoms with van der Waals surface area (Å²) in [6, 6.07) is 1.46. The smallest absolute Gasteiger partial charge is 0.189 e. The topological polar surface area (TPSA) is 32.9 Å². The third-order valence-electron chi connectivity index (χ3n) is 1.44. The van der Waals surface area contributed by atoms with Crippen LogP contribution in [0.1, 0.15) is 11.3 Å². The Labute approximate surface area is 64.9 Å². The zero-order valence-electron chi connectivity index (χ0n) is 6.13. The predicted molar refractivity (Wildman–Crippen MR) is 47.2 cm³/mol. The first-order chi connectivity index (χ1) is 5.29. The molecule has 2 nitrogen and oxygen atoms in total. The van der Waals surface area contributed by atoms with Crippen LogP contribution in [-0.4, -0.2) is 4.98 Å². The molecule has 0 fully saturated rings. The Hall–Kier alpha value is -1.57. The summed E-state index contributed by atoms with van der Waals surface area (Å²) in [6.07, 6.45) is 4.71. The lowest BCUT2D eigenvalue weighted by molar-refractivity contribution is 1.26. The Morgan fingerprint density at radius 1 is 1.36 bits per heavy atom. The van der Waals surface area contributed by atoms with Crippen molar-refractivity contribution < 1.29 is 0 Å². The van der Waals surface area contributed by atoms with Gasteiger partial charge in [0.1, 0.15) is 0 Å². The van der Waals surface area contributed by atoms with Crippen molar-refractivity contribution in [1.29, 1.82) is 0 Å². The van der Waals surface area contributed by atoms with Crippen LogP contribution in [0.3, 0.4) is 0 Å². The molecule has 0 radical (unpaired) electrons. The average molecular weight is 147 g/mol. The first kappa shape index (κ1) is 7.54. The predicted octanol–water partition coefficient (Wildman–Crippen LogP) is 1.66. The maximum absolute atomic E-state index is 11.1. The van der Waals surface area contributed by atoms with Crippen LogP contribution in [0, 0.1) is 0 Å². The summed E-state index contributed by atoms with van der Waals surface area (Å²) < 4.78 is 0. The van der Waals surface area contributed by atoms with E-state index in [1.54, 1.807) is 12.3 Å². The molecule has 0 spiro atoms. The highest BCUT2D eigenvalue weighted by Gasteiger charge is 1.97. The van der Waals surface area contributed by atoms with Crippen LogP contribution >= 0.6 is 0 Å². The molecular weight excluding hydrogens is 138 g/mol. The molecule has 0 aromatic carbocycles. The molecule has 0 saturated heterocycles. The van der Waals surface area contributed by atoms with E-state index in [2.05, 4.69) is 18.1 Å². The van der Waals surface area contributed by atoms with Gasteiger partial charge in [0.05, 0.1) is 0 Å². The fourth-order valence-corrected chi connectivity index (χ4v) is 0.887. The molecule has 1 N–H and O–H groups in total. The van der Waals surface area contributed by atoms with E-state index in [0.29, 0.717) is 11.3 Å². The molecular formula is C9H9NO. The van der Waals surface area contributed by atoms with Crippen molar-refractivity contribution in [3.8, 4) is 0 Å². The molecule has 2 heteroatoms. The van der Waals surface area contributed by atoms with Crippen molar-refractivity contribution in [3.05, 3.63) is 46.9 Å². The molecule has 0 aliphatic heterocycles. The van der Waals surface area contributed by atoms with E-state index in [9.17, 15) is 4.79 Å². The van der Waals surface area contributed by atoms with Crippen molar-refractivity contribution in [2.24, 2.45) is 0 Å². The van der Waals surface area contributed by atoms with Crippen LogP contribution in [0.25, 0.3) is 12.2 Å². The molecule has 0 atom stereocenters. The van der Waals surface area contributed by atoms with E-state index in [1.807, 2.05) is 0 Å². The Bertz CT molecular complexity index is 336. The molecule has 1 aromatic rings. The van der Waals surface area contributed by atoms with Crippen LogP contribution in [0.4, 0.5) is 0 Å². The molecule has 0 aliphatic rings. The van der Waals surface area contributed by atoms with Crippen molar-refractivity contribution in [3.63, 3.8) is 0 Å². The largest absolute Gasteiger partial charge is 0.361 e. The molecule has 1 aromatic heterocycles. The van der Waals surface area contributed by atoms with E-state index in [-0.39, 0.29) is 5.43 Å². The first-order valence-electron chi connectivity index (χ1n) is 3.26. The lowest BCUT2D eigenvalue weighted by Gasteiger charge is -1.96. The number of aromatic nitrogens is 1. The van der Waals surface area contributed by atoms with E-state index >= 15 is 0 Å². The molecule has 0 aliphatic carbocycles. The first-order valence-corrected chi connectivity index (χ1v) is 3.26. The number of pyridine rings is 1. The molecule has 1 rings (SSSR count). The van der Waals surface area contributed by atoms with Gasteiger partial charge in [-0.15, -0.1) is 0 Å². The average Bonchev–Trinajstić information content (AvgIpc) is 2.04. The summed E-state index contributed by atoms with van der Waals surface area (Å²) in [5.74, 6) is 0. The molecule has 56 valence electrons. The van der Waals surface area contributed by atoms with Gasteiger partial charge in [-0.3, -0.25) is 4.79 Å². The van der Waals surface area contributed by atoms with Crippen molar-refractivity contribution >= 4 is 12.2 Å². The van der Waals surface area contributed by atoms with Crippen LogP contribution in [0.2, 0.25) is 0 Å². The number of hydrogen-bond donors (Lipinski definition) is 1. The molecule has 11 heavy (non-hydrogen) atoms. The molecule has 0 saturated carbocycles. The van der Waals surface area contributed by atoms with Crippen LogP contribution in [-0.2, 0) is 0 Å². The second-order valence-electron chi connectivity index (χ2n) is 2.08. The fourth-order valence-electron chi connectivity index (χ4n) is 0.887. The number of aromatic amines is 1. The molecule has 0 amide bonds. The third-order valence-corrected chi connectivity index (χ3v) is 1.44. The Morgan fingerprint density at radius 3 is 2.55 bits per heavy atom. The minimum Gasteiger partial charge on any atom is -0.361 e. The van der Waals surface area contributed by atoms with Gasteiger partial charge in [0, 0.05) is 23.5 Å². The van der Waals surface area contributed by atoms with Gasteiger partial charge >= 0.3 is 0 Å². The highest BCUT2D eigenvalue weighted by molar-refractivity contribution is 5.59. The van der Waals surface area contributed by atoms with Crippen molar-refractivity contribution in [2.45, 2.75) is 0 Å². The van der Waals surface area contributed by atoms with Gasteiger partial charge in [-0.25, -0.2) is 0 Å². The van der Waals surface area contributed by atoms with Gasteiger partial charge < -0.3 is 4.98 Å². The highest BCUT2D eigenvalue weighted by Crippen LogP contribution is 2.01. The maximum Gasteiger partial charge on any atom is 0.189 e. The van der Waals surface area contributed by atoms with Crippen LogP contribution in [0.5, 0.6) is 0 Å². The lowest BCUT2D eigenvalue weighted by Crippen LogP contribution is -2.05. The lowest BCUT2D eigenvalue weighted by atomic mass is 10.2. The highest BCUT2D eigenvalue weighted by atomic mass is 16.1. The quantitative estimate of drug-likeness (QED) is 0.678. The maximum atomic E-state index is 11.1. The standard InChI is InChI=1S/C9H9NO/c1-3-7-8(4-2)10-6-5-9(7)11/h3-6H,1-2H2,(H,10,11). The number of H-pyrrole nitrogens is 1. The summed E-state index contributed by atoms with van der Waals surface area (Å²) in [4.78, 5) is 14.0. The van der Waals surface area contributed by atoms with Gasteiger partial charge in [0.2, 0.25) is 0 Å². The van der Waals surface area contributed by atoms with Crippen LogP contribution in [0.15, 0.2) is 30.2 Å². The Morgan fingerprint density at radius 2 is 2.09 bits per heavy atom. The normalized spacial score (nSPS) is 9.09. The molecule has 0 bridgehead atoms. The van der Waals surface area contributed by atoms with Gasteiger partial charge in [0.25, 0.3) is 0 Å². The summed E-state index contributed by atoms with van der Waals surface area (Å²) in [5.41, 5.74) is 1.25. The third kappa shape index (κ3) is 1.29. The van der Waals surface area contributed by atoms with Crippen molar-refractivity contribution in [2.75, 3.05) is 0 Å². The van der Waals surface area contributed by atoms with E-state index < -0.39 is 0 Å². The summed E-state index contributed by atoms with van der Waals surface area (Å²) in [7, 11) is 0. The van der Waals surface area contributed by atoms with Gasteiger partial charge in [-0.2, -0.15) is 0 Å². The fraction of sp³-hybridized carbons (Fsp3) is 0. The summed E-state index contributed by atoms with van der Waals surface area (Å²) >= 11 is 0. The molecule has 1 heterocycles. The van der Waals surface area contributed by atoms with Crippen molar-refractivity contribution in [1.82, 2.24) is 4.98 Å². The number of rotatable bonds is 2. The zero-order valence-corrected chi connectivity index (χ0v) is 6.13. The number of hydrogen-bond acceptors (Lipinski definition) is 1. The SMILES string of the molecule is C=Cc1[nH]ccc(=O)c1C=C. The Kier molecular flexibility index (Phi) is 2.06. The zero-order chi connectivity index (χ0) is 8.27. The molecule has 0 unspecified atom stereocenters.